The van der Waals surface area contributed by atoms with Gasteiger partial charge in [0.15, 0.2) is 34.5 Å². The minimum atomic E-state index is -0.563. The van der Waals surface area contributed by atoms with Gasteiger partial charge in [0.2, 0.25) is 0 Å². The van der Waals surface area contributed by atoms with Crippen molar-refractivity contribution in [2.75, 3.05) is 21.3 Å². The van der Waals surface area contributed by atoms with Crippen LogP contribution in [0.2, 0.25) is 0 Å². The van der Waals surface area contributed by atoms with Crippen LogP contribution in [0.5, 0.6) is 34.5 Å². The molecule has 0 aliphatic carbocycles. The van der Waals surface area contributed by atoms with Gasteiger partial charge in [-0.25, -0.2) is 4.79 Å². The molecule has 6 rings (SSSR count). The van der Waals surface area contributed by atoms with Crippen LogP contribution < -0.4 is 19.8 Å². The van der Waals surface area contributed by atoms with E-state index in [1.165, 1.54) is 27.4 Å². The Hall–Kier alpha value is -4.79. The fraction of sp³-hybridized carbons (Fsp3) is 0.179. The summed E-state index contributed by atoms with van der Waals surface area (Å²) >= 11 is 0. The van der Waals surface area contributed by atoms with E-state index >= 15 is 0 Å². The topological polar surface area (TPSA) is 124 Å². The van der Waals surface area contributed by atoms with Crippen LogP contribution in [0.25, 0.3) is 44.3 Å². The maximum atomic E-state index is 13.4. The quantitative estimate of drug-likeness (QED) is 0.301. The number of benzene rings is 3. The molecule has 0 saturated carbocycles. The molecule has 0 saturated heterocycles. The second kappa shape index (κ2) is 8.12. The standard InChI is InChI=1S/C28H23NO8/c1-34-20-5-4-14(9-17(20)30)24-25-16-11-23(36-3)19(32)12-21(16)37-28(33)27(25)29-7-6-13-8-18(31)22(35-2)10-15(13)26(24)29/h4-5,8-12,30-32H,6-7H2,1-3H3. The van der Waals surface area contributed by atoms with Crippen molar-refractivity contribution in [3.8, 4) is 56.9 Å². The van der Waals surface area contributed by atoms with Gasteiger partial charge in [-0.05, 0) is 47.9 Å². The monoisotopic (exact) mass is 501 g/mol. The van der Waals surface area contributed by atoms with Crippen molar-refractivity contribution >= 4 is 21.9 Å². The third kappa shape index (κ3) is 3.20. The lowest BCUT2D eigenvalue weighted by Crippen LogP contribution is -2.14. The lowest BCUT2D eigenvalue weighted by molar-refractivity contribution is 0.373. The van der Waals surface area contributed by atoms with Gasteiger partial charge < -0.3 is 38.5 Å². The minimum absolute atomic E-state index is 0.0274. The first kappa shape index (κ1) is 22.7. The Morgan fingerprint density at radius 2 is 1.51 bits per heavy atom. The summed E-state index contributed by atoms with van der Waals surface area (Å²) in [6.07, 6.45) is 0.563. The third-order valence-electron chi connectivity index (χ3n) is 6.94. The van der Waals surface area contributed by atoms with Crippen LogP contribution in [0.3, 0.4) is 0 Å². The smallest absolute Gasteiger partial charge is 0.361 e. The molecule has 3 N–H and O–H groups in total. The molecule has 9 heteroatoms. The van der Waals surface area contributed by atoms with Crippen molar-refractivity contribution in [2.24, 2.45) is 0 Å². The number of nitrogens with zero attached hydrogens (tertiary/aromatic N) is 1. The van der Waals surface area contributed by atoms with E-state index in [0.29, 0.717) is 57.6 Å². The van der Waals surface area contributed by atoms with Crippen LogP contribution in [-0.2, 0) is 13.0 Å². The highest BCUT2D eigenvalue weighted by molar-refractivity contribution is 6.17. The fourth-order valence-electron chi connectivity index (χ4n) is 5.30. The molecule has 0 fully saturated rings. The number of methoxy groups -OCH3 is 3. The van der Waals surface area contributed by atoms with Crippen molar-refractivity contribution in [2.45, 2.75) is 13.0 Å². The second-order valence-corrected chi connectivity index (χ2v) is 8.83. The molecule has 0 bridgehead atoms. The van der Waals surface area contributed by atoms with Gasteiger partial charge in [0.25, 0.3) is 0 Å². The van der Waals surface area contributed by atoms with Crippen LogP contribution in [-0.4, -0.2) is 41.2 Å². The average molecular weight is 501 g/mol. The second-order valence-electron chi connectivity index (χ2n) is 8.83. The average Bonchev–Trinajstić information content (AvgIpc) is 3.24. The van der Waals surface area contributed by atoms with Crippen LogP contribution in [0, 0.1) is 0 Å². The Balaban J connectivity index is 1.84. The molecular weight excluding hydrogens is 478 g/mol. The van der Waals surface area contributed by atoms with Crippen LogP contribution >= 0.6 is 0 Å². The lowest BCUT2D eigenvalue weighted by atomic mass is 9.91. The first-order valence-corrected chi connectivity index (χ1v) is 11.5. The van der Waals surface area contributed by atoms with E-state index < -0.39 is 5.63 Å². The maximum Gasteiger partial charge on any atom is 0.361 e. The fourth-order valence-corrected chi connectivity index (χ4v) is 5.30. The van der Waals surface area contributed by atoms with Gasteiger partial charge in [-0.15, -0.1) is 0 Å². The molecule has 0 atom stereocenters. The number of hydrogen-bond donors (Lipinski definition) is 3. The molecule has 2 aromatic heterocycles. The number of ether oxygens (including phenoxy) is 3. The van der Waals surface area contributed by atoms with Crippen molar-refractivity contribution in [1.82, 2.24) is 4.57 Å². The Bertz CT molecular complexity index is 1800. The SMILES string of the molecule is COc1ccc(-c2c3n(c4c(=O)oc5cc(O)c(OC)cc5c24)CCc2cc(O)c(OC)cc2-3)cc1O. The van der Waals surface area contributed by atoms with E-state index in [-0.39, 0.29) is 28.6 Å². The van der Waals surface area contributed by atoms with Crippen molar-refractivity contribution < 1.29 is 33.9 Å². The van der Waals surface area contributed by atoms with Crippen LogP contribution in [0.4, 0.5) is 0 Å². The predicted molar refractivity (Wildman–Crippen MR) is 137 cm³/mol. The number of phenols is 3. The van der Waals surface area contributed by atoms with Gasteiger partial charge in [-0.2, -0.15) is 0 Å². The normalized spacial score (nSPS) is 12.4. The number of rotatable bonds is 4. The predicted octanol–water partition coefficient (Wildman–Crippen LogP) is 4.78. The number of fused-ring (bicyclic) bond motifs is 7. The molecule has 188 valence electrons. The molecule has 0 unspecified atom stereocenters. The summed E-state index contributed by atoms with van der Waals surface area (Å²) in [5, 5.41) is 32.6. The molecule has 0 spiro atoms. The molecule has 0 amide bonds. The Kier molecular flexibility index (Phi) is 4.98. The van der Waals surface area contributed by atoms with E-state index in [9.17, 15) is 20.1 Å². The molecule has 3 heterocycles. The summed E-state index contributed by atoms with van der Waals surface area (Å²) < 4.78 is 23.5. The van der Waals surface area contributed by atoms with E-state index in [0.717, 1.165) is 11.1 Å². The summed E-state index contributed by atoms with van der Waals surface area (Å²) in [6, 6.07) is 11.4. The molecular formula is C28H23NO8. The van der Waals surface area contributed by atoms with Crippen LogP contribution in [0.15, 0.2) is 51.7 Å². The largest absolute Gasteiger partial charge is 0.504 e. The molecule has 5 aromatic rings. The number of aromatic nitrogens is 1. The Labute approximate surface area is 210 Å². The number of hydrogen-bond acceptors (Lipinski definition) is 8. The zero-order valence-electron chi connectivity index (χ0n) is 20.3. The van der Waals surface area contributed by atoms with E-state index in [1.807, 2.05) is 4.57 Å². The molecule has 3 aromatic carbocycles. The van der Waals surface area contributed by atoms with E-state index in [4.69, 9.17) is 18.6 Å². The van der Waals surface area contributed by atoms with Crippen molar-refractivity contribution in [3.63, 3.8) is 0 Å². The van der Waals surface area contributed by atoms with Crippen molar-refractivity contribution in [3.05, 3.63) is 58.4 Å². The number of aryl methyl sites for hydroxylation is 2. The summed E-state index contributed by atoms with van der Waals surface area (Å²) in [7, 11) is 4.39. The highest BCUT2D eigenvalue weighted by Gasteiger charge is 2.30. The molecule has 1 aliphatic heterocycles. The first-order valence-electron chi connectivity index (χ1n) is 11.5. The third-order valence-corrected chi connectivity index (χ3v) is 6.94. The highest BCUT2D eigenvalue weighted by Crippen LogP contribution is 2.49. The molecule has 0 radical (unpaired) electrons. The lowest BCUT2D eigenvalue weighted by Gasteiger charge is -2.22. The summed E-state index contributed by atoms with van der Waals surface area (Å²) in [6.45, 7) is 0.457. The van der Waals surface area contributed by atoms with Gasteiger partial charge in [0, 0.05) is 34.5 Å². The van der Waals surface area contributed by atoms with Gasteiger partial charge in [-0.1, -0.05) is 6.07 Å². The van der Waals surface area contributed by atoms with Gasteiger partial charge in [0.05, 0.1) is 27.0 Å². The zero-order chi connectivity index (χ0) is 26.0. The van der Waals surface area contributed by atoms with Crippen LogP contribution in [0.1, 0.15) is 5.56 Å². The van der Waals surface area contributed by atoms with Crippen molar-refractivity contribution in [1.29, 1.82) is 0 Å². The Morgan fingerprint density at radius 3 is 2.22 bits per heavy atom. The van der Waals surface area contributed by atoms with E-state index in [1.54, 1.807) is 36.4 Å². The van der Waals surface area contributed by atoms with Gasteiger partial charge in [-0.3, -0.25) is 0 Å². The van der Waals surface area contributed by atoms with E-state index in [2.05, 4.69) is 0 Å². The number of phenolic OH excluding ortho intramolecular Hbond substituents is 3. The first-order chi connectivity index (χ1) is 17.9. The summed E-state index contributed by atoms with van der Waals surface area (Å²) in [5.74, 6) is 0.640. The summed E-state index contributed by atoms with van der Waals surface area (Å²) in [5.41, 5.74) is 3.66. The van der Waals surface area contributed by atoms with Gasteiger partial charge in [0.1, 0.15) is 11.1 Å². The molecule has 9 nitrogen and oxygen atoms in total. The number of aromatic hydroxyl groups is 3. The maximum absolute atomic E-state index is 13.4. The molecule has 37 heavy (non-hydrogen) atoms. The minimum Gasteiger partial charge on any atom is -0.504 e. The summed E-state index contributed by atoms with van der Waals surface area (Å²) in [4.78, 5) is 13.4. The highest BCUT2D eigenvalue weighted by atomic mass is 16.5. The molecule has 1 aliphatic rings. The van der Waals surface area contributed by atoms with Gasteiger partial charge >= 0.3 is 5.63 Å². The zero-order valence-corrected chi connectivity index (χ0v) is 20.3. The Morgan fingerprint density at radius 1 is 0.838 bits per heavy atom.